The lowest BCUT2D eigenvalue weighted by Gasteiger charge is -2.18. The standard InChI is InChI=1S/C15H12BrN3O5/c16-12-4-3-11(24-12)15(22)17-6-13(20)18-8-1-2-10-9(5-8)19-14(21)7-23-10/h1-5H,6-7H2,(H,17,22)(H,18,20)(H,19,21). The molecule has 3 N–H and O–H groups in total. The van der Waals surface area contributed by atoms with Crippen molar-refractivity contribution in [2.45, 2.75) is 0 Å². The molecule has 3 amide bonds. The summed E-state index contributed by atoms with van der Waals surface area (Å²) < 4.78 is 10.7. The predicted octanol–water partition coefficient (Wildman–Crippen LogP) is 1.74. The smallest absolute Gasteiger partial charge is 0.287 e. The van der Waals surface area contributed by atoms with Crippen molar-refractivity contribution in [2.24, 2.45) is 0 Å². The zero-order valence-electron chi connectivity index (χ0n) is 12.2. The molecule has 9 heteroatoms. The number of furan rings is 1. The Morgan fingerprint density at radius 2 is 2.08 bits per heavy atom. The Balaban J connectivity index is 1.56. The quantitative estimate of drug-likeness (QED) is 0.732. The Morgan fingerprint density at radius 1 is 1.25 bits per heavy atom. The molecule has 0 atom stereocenters. The van der Waals surface area contributed by atoms with Gasteiger partial charge in [0.25, 0.3) is 11.8 Å². The van der Waals surface area contributed by atoms with Gasteiger partial charge in [-0.3, -0.25) is 14.4 Å². The summed E-state index contributed by atoms with van der Waals surface area (Å²) in [4.78, 5) is 35.0. The van der Waals surface area contributed by atoms with E-state index in [2.05, 4.69) is 31.9 Å². The van der Waals surface area contributed by atoms with Gasteiger partial charge in [0, 0.05) is 5.69 Å². The minimum Gasteiger partial charge on any atom is -0.482 e. The highest BCUT2D eigenvalue weighted by atomic mass is 79.9. The van der Waals surface area contributed by atoms with E-state index in [4.69, 9.17) is 9.15 Å². The lowest BCUT2D eigenvalue weighted by molar-refractivity contribution is -0.118. The van der Waals surface area contributed by atoms with Gasteiger partial charge in [0.15, 0.2) is 17.0 Å². The molecule has 2 heterocycles. The van der Waals surface area contributed by atoms with Crippen LogP contribution in [-0.2, 0) is 9.59 Å². The van der Waals surface area contributed by atoms with Crippen LogP contribution in [0.1, 0.15) is 10.6 Å². The normalized spacial score (nSPS) is 12.6. The number of hydrogen-bond acceptors (Lipinski definition) is 5. The maximum absolute atomic E-state index is 11.9. The van der Waals surface area contributed by atoms with Gasteiger partial charge in [-0.2, -0.15) is 0 Å². The lowest BCUT2D eigenvalue weighted by atomic mass is 10.2. The number of carbonyl (C=O) groups excluding carboxylic acids is 3. The molecular weight excluding hydrogens is 382 g/mol. The van der Waals surface area contributed by atoms with Gasteiger partial charge in [0.2, 0.25) is 5.91 Å². The number of nitrogens with one attached hydrogen (secondary N) is 3. The van der Waals surface area contributed by atoms with Gasteiger partial charge in [-0.25, -0.2) is 0 Å². The number of rotatable bonds is 4. The summed E-state index contributed by atoms with van der Waals surface area (Å²) in [7, 11) is 0. The molecule has 0 bridgehead atoms. The van der Waals surface area contributed by atoms with E-state index in [0.717, 1.165) is 0 Å². The van der Waals surface area contributed by atoms with Gasteiger partial charge in [-0.15, -0.1) is 0 Å². The summed E-state index contributed by atoms with van der Waals surface area (Å²) in [5, 5.41) is 7.71. The molecule has 0 saturated heterocycles. The van der Waals surface area contributed by atoms with Gasteiger partial charge < -0.3 is 25.1 Å². The van der Waals surface area contributed by atoms with Crippen molar-refractivity contribution in [2.75, 3.05) is 23.8 Å². The van der Waals surface area contributed by atoms with Crippen LogP contribution in [0.15, 0.2) is 39.4 Å². The van der Waals surface area contributed by atoms with Gasteiger partial charge in [0.05, 0.1) is 12.2 Å². The molecule has 0 saturated carbocycles. The van der Waals surface area contributed by atoms with Crippen LogP contribution in [0, 0.1) is 0 Å². The Morgan fingerprint density at radius 3 is 2.83 bits per heavy atom. The maximum Gasteiger partial charge on any atom is 0.287 e. The maximum atomic E-state index is 11.9. The largest absolute Gasteiger partial charge is 0.482 e. The molecule has 1 aromatic carbocycles. The number of halogens is 1. The van der Waals surface area contributed by atoms with Crippen LogP contribution >= 0.6 is 15.9 Å². The van der Waals surface area contributed by atoms with E-state index in [1.54, 1.807) is 24.3 Å². The monoisotopic (exact) mass is 393 g/mol. The van der Waals surface area contributed by atoms with E-state index < -0.39 is 11.8 Å². The first-order valence-electron chi connectivity index (χ1n) is 6.91. The third-order valence-electron chi connectivity index (χ3n) is 3.10. The second kappa shape index (κ2) is 6.75. The molecule has 0 radical (unpaired) electrons. The van der Waals surface area contributed by atoms with Crippen LogP contribution in [0.5, 0.6) is 5.75 Å². The lowest BCUT2D eigenvalue weighted by Crippen LogP contribution is -2.32. The SMILES string of the molecule is O=C(CNC(=O)c1ccc(Br)o1)Nc1ccc2c(c1)NC(=O)CO2. The fourth-order valence-electron chi connectivity index (χ4n) is 2.05. The number of carbonyl (C=O) groups is 3. The van der Waals surface area contributed by atoms with Crippen molar-refractivity contribution in [3.05, 3.63) is 40.8 Å². The Hall–Kier alpha value is -2.81. The van der Waals surface area contributed by atoms with Gasteiger partial charge >= 0.3 is 0 Å². The topological polar surface area (TPSA) is 110 Å². The highest BCUT2D eigenvalue weighted by molar-refractivity contribution is 9.10. The van der Waals surface area contributed by atoms with Crippen molar-refractivity contribution < 1.29 is 23.5 Å². The molecule has 1 aliphatic rings. The molecule has 0 aliphatic carbocycles. The molecule has 2 aromatic rings. The van der Waals surface area contributed by atoms with E-state index in [-0.39, 0.29) is 24.8 Å². The molecular formula is C15H12BrN3O5. The van der Waals surface area contributed by atoms with Crippen LogP contribution in [0.2, 0.25) is 0 Å². The fourth-order valence-corrected chi connectivity index (χ4v) is 2.36. The summed E-state index contributed by atoms with van der Waals surface area (Å²) in [5.74, 6) is -0.547. The first kappa shape index (κ1) is 16.1. The second-order valence-electron chi connectivity index (χ2n) is 4.88. The van der Waals surface area contributed by atoms with E-state index in [1.165, 1.54) is 6.07 Å². The Labute approximate surface area is 144 Å². The van der Waals surface area contributed by atoms with Crippen LogP contribution < -0.4 is 20.7 Å². The van der Waals surface area contributed by atoms with Crippen molar-refractivity contribution in [3.8, 4) is 5.75 Å². The van der Waals surface area contributed by atoms with Crippen LogP contribution in [0.25, 0.3) is 0 Å². The zero-order valence-corrected chi connectivity index (χ0v) is 13.8. The average Bonchev–Trinajstić information content (AvgIpc) is 2.99. The summed E-state index contributed by atoms with van der Waals surface area (Å²) in [6.07, 6.45) is 0. The number of hydrogen-bond donors (Lipinski definition) is 3. The highest BCUT2D eigenvalue weighted by Gasteiger charge is 2.17. The second-order valence-corrected chi connectivity index (χ2v) is 5.66. The molecule has 0 spiro atoms. The molecule has 8 nitrogen and oxygen atoms in total. The van der Waals surface area contributed by atoms with E-state index in [1.807, 2.05) is 0 Å². The number of anilines is 2. The van der Waals surface area contributed by atoms with Crippen molar-refractivity contribution in [1.29, 1.82) is 0 Å². The van der Waals surface area contributed by atoms with E-state index >= 15 is 0 Å². The Kier molecular flexibility index (Phi) is 4.52. The third-order valence-corrected chi connectivity index (χ3v) is 3.53. The molecule has 0 unspecified atom stereocenters. The Bertz CT molecular complexity index is 817. The minimum atomic E-state index is -0.498. The fraction of sp³-hybridized carbons (Fsp3) is 0.133. The summed E-state index contributed by atoms with van der Waals surface area (Å²) in [5.41, 5.74) is 0.952. The molecule has 24 heavy (non-hydrogen) atoms. The summed E-state index contributed by atoms with van der Waals surface area (Å²) in [6.45, 7) is -0.259. The number of fused-ring (bicyclic) bond motifs is 1. The first-order valence-corrected chi connectivity index (χ1v) is 7.70. The number of benzene rings is 1. The van der Waals surface area contributed by atoms with E-state index in [0.29, 0.717) is 21.8 Å². The predicted molar refractivity (Wildman–Crippen MR) is 87.9 cm³/mol. The van der Waals surface area contributed by atoms with Gasteiger partial charge in [-0.05, 0) is 46.3 Å². The van der Waals surface area contributed by atoms with Crippen molar-refractivity contribution in [1.82, 2.24) is 5.32 Å². The third kappa shape index (κ3) is 3.74. The summed E-state index contributed by atoms with van der Waals surface area (Å²) >= 11 is 3.09. The molecule has 3 rings (SSSR count). The molecule has 0 fully saturated rings. The average molecular weight is 394 g/mol. The number of ether oxygens (including phenoxy) is 1. The van der Waals surface area contributed by atoms with Crippen molar-refractivity contribution in [3.63, 3.8) is 0 Å². The van der Waals surface area contributed by atoms with Crippen LogP contribution in [-0.4, -0.2) is 30.9 Å². The molecule has 1 aromatic heterocycles. The highest BCUT2D eigenvalue weighted by Crippen LogP contribution is 2.30. The first-order chi connectivity index (χ1) is 11.5. The van der Waals surface area contributed by atoms with Gasteiger partial charge in [-0.1, -0.05) is 0 Å². The summed E-state index contributed by atoms with van der Waals surface area (Å²) in [6, 6.07) is 7.93. The zero-order chi connectivity index (χ0) is 17.1. The molecule has 124 valence electrons. The van der Waals surface area contributed by atoms with E-state index in [9.17, 15) is 14.4 Å². The number of amides is 3. The van der Waals surface area contributed by atoms with Crippen LogP contribution in [0.3, 0.4) is 0 Å². The van der Waals surface area contributed by atoms with Crippen molar-refractivity contribution >= 4 is 45.0 Å². The van der Waals surface area contributed by atoms with Crippen LogP contribution in [0.4, 0.5) is 11.4 Å². The molecule has 1 aliphatic heterocycles. The van der Waals surface area contributed by atoms with Gasteiger partial charge in [0.1, 0.15) is 5.75 Å². The minimum absolute atomic E-state index is 0.0341.